The number of hydrogen-bond acceptors (Lipinski definition) is 3. The zero-order chi connectivity index (χ0) is 16.1. The van der Waals surface area contributed by atoms with Crippen molar-refractivity contribution < 1.29 is 9.90 Å². The second-order valence-corrected chi connectivity index (χ2v) is 5.99. The van der Waals surface area contributed by atoms with Gasteiger partial charge in [0, 0.05) is 0 Å². The first kappa shape index (κ1) is 16.3. The minimum atomic E-state index is -0.295. The van der Waals surface area contributed by atoms with Crippen LogP contribution >= 0.6 is 0 Å². The molecule has 0 fully saturated rings. The molecule has 6 nitrogen and oxygen atoms in total. The van der Waals surface area contributed by atoms with Gasteiger partial charge in [-0.3, -0.25) is 0 Å². The third kappa shape index (κ3) is 4.21. The van der Waals surface area contributed by atoms with Crippen molar-refractivity contribution in [3.63, 3.8) is 0 Å². The highest BCUT2D eigenvalue weighted by molar-refractivity contribution is 5.78. The van der Waals surface area contributed by atoms with Gasteiger partial charge in [-0.05, 0) is 30.9 Å². The topological polar surface area (TPSA) is 90.0 Å². The number of fused-ring (bicyclic) bond motifs is 1. The second-order valence-electron chi connectivity index (χ2n) is 5.99. The molecule has 0 aliphatic carbocycles. The van der Waals surface area contributed by atoms with Crippen LogP contribution in [0.2, 0.25) is 0 Å². The fraction of sp³-hybridized carbons (Fsp3) is 0.500. The Labute approximate surface area is 130 Å². The number of hydrogen-bond donors (Lipinski definition) is 4. The number of carbonyl (C=O) groups is 1. The molecule has 0 aliphatic heterocycles. The van der Waals surface area contributed by atoms with Crippen molar-refractivity contribution in [1.82, 2.24) is 20.6 Å². The van der Waals surface area contributed by atoms with Gasteiger partial charge in [0.15, 0.2) is 0 Å². The van der Waals surface area contributed by atoms with Gasteiger partial charge in [0.1, 0.15) is 5.82 Å². The lowest BCUT2D eigenvalue weighted by molar-refractivity contribution is 0.206. The molecule has 0 radical (unpaired) electrons. The van der Waals surface area contributed by atoms with Gasteiger partial charge < -0.3 is 20.7 Å². The summed E-state index contributed by atoms with van der Waals surface area (Å²) in [6.07, 6.45) is 0.744. The number of rotatable bonds is 6. The molecular formula is C16H24N4O2. The van der Waals surface area contributed by atoms with E-state index in [-0.39, 0.29) is 18.7 Å². The van der Waals surface area contributed by atoms with Gasteiger partial charge >= 0.3 is 6.03 Å². The zero-order valence-corrected chi connectivity index (χ0v) is 13.3. The molecule has 0 spiro atoms. The van der Waals surface area contributed by atoms with Gasteiger partial charge in [0.25, 0.3) is 0 Å². The summed E-state index contributed by atoms with van der Waals surface area (Å²) >= 11 is 0. The lowest BCUT2D eigenvalue weighted by Gasteiger charge is -2.18. The standard InChI is InChI=1S/C16H24N4O2/c1-10(2)7-12(9-21)18-16(22)17-8-14-19-13-6-4-5-11(3)15(13)20-14/h4-6,10,12,21H,7-9H2,1-3H3,(H,19,20)(H2,17,18,22). The monoisotopic (exact) mass is 304 g/mol. The van der Waals surface area contributed by atoms with Gasteiger partial charge in [0.2, 0.25) is 0 Å². The van der Waals surface area contributed by atoms with Crippen LogP contribution in [0.25, 0.3) is 11.0 Å². The van der Waals surface area contributed by atoms with E-state index in [1.165, 1.54) is 0 Å². The number of aryl methyl sites for hydroxylation is 1. The third-order valence-corrected chi connectivity index (χ3v) is 3.49. The smallest absolute Gasteiger partial charge is 0.315 e. The van der Waals surface area contributed by atoms with Crippen molar-refractivity contribution in [3.8, 4) is 0 Å². The number of aromatic amines is 1. The Hall–Kier alpha value is -2.08. The molecule has 1 unspecified atom stereocenters. The van der Waals surface area contributed by atoms with Crippen LogP contribution in [0, 0.1) is 12.8 Å². The Morgan fingerprint density at radius 2 is 2.18 bits per heavy atom. The number of aliphatic hydroxyl groups is 1. The number of nitrogens with one attached hydrogen (secondary N) is 3. The van der Waals surface area contributed by atoms with E-state index in [0.29, 0.717) is 18.3 Å². The molecule has 2 aromatic rings. The molecule has 0 saturated carbocycles. The number of H-pyrrole nitrogens is 1. The molecule has 0 aliphatic rings. The average Bonchev–Trinajstić information content (AvgIpc) is 2.88. The first-order chi connectivity index (χ1) is 10.5. The normalized spacial score (nSPS) is 12.6. The summed E-state index contributed by atoms with van der Waals surface area (Å²) < 4.78 is 0. The van der Waals surface area contributed by atoms with Gasteiger partial charge in [-0.2, -0.15) is 0 Å². The summed E-state index contributed by atoms with van der Waals surface area (Å²) in [7, 11) is 0. The number of benzene rings is 1. The highest BCUT2D eigenvalue weighted by atomic mass is 16.3. The van der Waals surface area contributed by atoms with Gasteiger partial charge in [-0.25, -0.2) is 9.78 Å². The molecule has 2 amide bonds. The van der Waals surface area contributed by atoms with Gasteiger partial charge in [-0.15, -0.1) is 0 Å². The molecule has 0 bridgehead atoms. The summed E-state index contributed by atoms with van der Waals surface area (Å²) in [6.45, 7) is 6.37. The summed E-state index contributed by atoms with van der Waals surface area (Å²) in [4.78, 5) is 19.5. The van der Waals surface area contributed by atoms with E-state index in [0.717, 1.165) is 23.0 Å². The van der Waals surface area contributed by atoms with E-state index in [2.05, 4.69) is 34.4 Å². The molecule has 1 heterocycles. The van der Waals surface area contributed by atoms with Crippen LogP contribution in [0.5, 0.6) is 0 Å². The predicted octanol–water partition coefficient (Wildman–Crippen LogP) is 2.08. The molecule has 120 valence electrons. The Balaban J connectivity index is 1.91. The van der Waals surface area contributed by atoms with Crippen molar-refractivity contribution in [2.45, 2.75) is 39.8 Å². The number of nitrogens with zero attached hydrogens (tertiary/aromatic N) is 1. The van der Waals surface area contributed by atoms with Crippen molar-refractivity contribution in [2.24, 2.45) is 5.92 Å². The Morgan fingerprint density at radius 3 is 2.82 bits per heavy atom. The first-order valence-corrected chi connectivity index (χ1v) is 7.59. The molecule has 4 N–H and O–H groups in total. The van der Waals surface area contributed by atoms with Gasteiger partial charge in [-0.1, -0.05) is 26.0 Å². The van der Waals surface area contributed by atoms with Crippen LogP contribution in [-0.2, 0) is 6.54 Å². The minimum absolute atomic E-state index is 0.0601. The maximum atomic E-state index is 11.9. The molecular weight excluding hydrogens is 280 g/mol. The maximum Gasteiger partial charge on any atom is 0.315 e. The van der Waals surface area contributed by atoms with Crippen molar-refractivity contribution in [1.29, 1.82) is 0 Å². The highest BCUT2D eigenvalue weighted by Crippen LogP contribution is 2.15. The maximum absolute atomic E-state index is 11.9. The molecule has 1 aromatic carbocycles. The van der Waals surface area contributed by atoms with E-state index in [4.69, 9.17) is 0 Å². The summed E-state index contributed by atoms with van der Waals surface area (Å²) in [5.74, 6) is 1.12. The molecule has 2 rings (SSSR count). The lowest BCUT2D eigenvalue weighted by atomic mass is 10.0. The van der Waals surface area contributed by atoms with Crippen molar-refractivity contribution in [3.05, 3.63) is 29.6 Å². The number of urea groups is 1. The van der Waals surface area contributed by atoms with E-state index >= 15 is 0 Å². The quantitative estimate of drug-likeness (QED) is 0.658. The Bertz CT molecular complexity index is 636. The van der Waals surface area contributed by atoms with Crippen LogP contribution in [0.3, 0.4) is 0 Å². The average molecular weight is 304 g/mol. The fourth-order valence-electron chi connectivity index (χ4n) is 2.46. The van der Waals surface area contributed by atoms with Crippen LogP contribution in [0.15, 0.2) is 18.2 Å². The predicted molar refractivity (Wildman–Crippen MR) is 86.5 cm³/mol. The van der Waals surface area contributed by atoms with Crippen molar-refractivity contribution in [2.75, 3.05) is 6.61 Å². The number of aromatic nitrogens is 2. The molecule has 22 heavy (non-hydrogen) atoms. The summed E-state index contributed by atoms with van der Waals surface area (Å²) in [5.41, 5.74) is 2.99. The van der Waals surface area contributed by atoms with E-state index in [1.54, 1.807) is 0 Å². The van der Waals surface area contributed by atoms with Crippen LogP contribution in [-0.4, -0.2) is 33.8 Å². The lowest BCUT2D eigenvalue weighted by Crippen LogP contribution is -2.44. The fourth-order valence-corrected chi connectivity index (χ4v) is 2.46. The van der Waals surface area contributed by atoms with Crippen LogP contribution in [0.1, 0.15) is 31.7 Å². The van der Waals surface area contributed by atoms with E-state index in [9.17, 15) is 9.90 Å². The Kier molecular flexibility index (Phi) is 5.38. The second kappa shape index (κ2) is 7.26. The molecule has 1 aromatic heterocycles. The third-order valence-electron chi connectivity index (χ3n) is 3.49. The number of carbonyl (C=O) groups excluding carboxylic acids is 1. The number of imidazole rings is 1. The van der Waals surface area contributed by atoms with E-state index < -0.39 is 0 Å². The number of para-hydroxylation sites is 1. The number of amides is 2. The summed E-state index contributed by atoms with van der Waals surface area (Å²) in [6, 6.07) is 5.42. The van der Waals surface area contributed by atoms with Crippen molar-refractivity contribution >= 4 is 17.1 Å². The van der Waals surface area contributed by atoms with Crippen LogP contribution in [0.4, 0.5) is 4.79 Å². The molecule has 6 heteroatoms. The van der Waals surface area contributed by atoms with Crippen LogP contribution < -0.4 is 10.6 Å². The number of aliphatic hydroxyl groups excluding tert-OH is 1. The minimum Gasteiger partial charge on any atom is -0.394 e. The summed E-state index contributed by atoms with van der Waals surface area (Å²) in [5, 5.41) is 14.8. The SMILES string of the molecule is Cc1cccc2[nH]c(CNC(=O)NC(CO)CC(C)C)nc12. The molecule has 0 saturated heterocycles. The largest absolute Gasteiger partial charge is 0.394 e. The first-order valence-electron chi connectivity index (χ1n) is 7.59. The molecule has 1 atom stereocenters. The Morgan fingerprint density at radius 1 is 1.41 bits per heavy atom. The zero-order valence-electron chi connectivity index (χ0n) is 13.3. The van der Waals surface area contributed by atoms with Gasteiger partial charge in [0.05, 0.1) is 30.2 Å². The highest BCUT2D eigenvalue weighted by Gasteiger charge is 2.13. The van der Waals surface area contributed by atoms with E-state index in [1.807, 2.05) is 25.1 Å².